The molecule has 8 heteroatoms. The van der Waals surface area contributed by atoms with E-state index < -0.39 is 23.8 Å². The molecule has 1 aromatic carbocycles. The number of aromatic nitrogens is 1. The Kier molecular flexibility index (Phi) is 5.17. The number of hydrogen-bond donors (Lipinski definition) is 1. The number of Topliss-reactive ketones (excluding diaryl/α,β-unsaturated/α-hetero) is 1. The molecule has 2 rings (SSSR count). The summed E-state index contributed by atoms with van der Waals surface area (Å²) >= 11 is 11.7. The second-order valence-corrected chi connectivity index (χ2v) is 5.80. The number of hydrogen-bond acceptors (Lipinski definition) is 5. The molecule has 0 aliphatic rings. The number of carbonyl (C=O) groups excluding carboxylic acids is 1. The first-order valence-electron chi connectivity index (χ1n) is 6.71. The Balaban J connectivity index is 2.36. The lowest BCUT2D eigenvalue weighted by atomic mass is 10.0. The second-order valence-electron chi connectivity index (χ2n) is 4.96. The number of aromatic hydroxyl groups is 1. The molecule has 124 valence electrons. The Bertz CT molecular complexity index is 929. The number of nitriles is 1. The van der Waals surface area contributed by atoms with Crippen LogP contribution in [0, 0.1) is 18.3 Å². The summed E-state index contributed by atoms with van der Waals surface area (Å²) in [4.78, 5) is 24.3. The number of ether oxygens (including phenoxy) is 1. The fourth-order valence-electron chi connectivity index (χ4n) is 2.16. The van der Waals surface area contributed by atoms with Crippen LogP contribution in [0.25, 0.3) is 0 Å². The summed E-state index contributed by atoms with van der Waals surface area (Å²) in [6, 6.07) is 6.26. The Labute approximate surface area is 147 Å². The van der Waals surface area contributed by atoms with Gasteiger partial charge in [-0.1, -0.05) is 23.2 Å². The lowest BCUT2D eigenvalue weighted by Gasteiger charge is -2.13. The largest absolute Gasteiger partial charge is 0.494 e. The molecule has 1 aromatic heterocycles. The first kappa shape index (κ1) is 17.9. The van der Waals surface area contributed by atoms with Crippen LogP contribution in [0.4, 0.5) is 0 Å². The smallest absolute Gasteiger partial charge is 0.271 e. The van der Waals surface area contributed by atoms with Crippen LogP contribution in [0.5, 0.6) is 11.6 Å². The summed E-state index contributed by atoms with van der Waals surface area (Å²) in [5.74, 6) is -0.868. The summed E-state index contributed by atoms with van der Waals surface area (Å²) in [5.41, 5.74) is -0.915. The predicted octanol–water partition coefficient (Wildman–Crippen LogP) is 2.84. The summed E-state index contributed by atoms with van der Waals surface area (Å²) < 4.78 is 6.18. The van der Waals surface area contributed by atoms with Gasteiger partial charge in [0.05, 0.1) is 10.6 Å². The van der Waals surface area contributed by atoms with Gasteiger partial charge in [0.2, 0.25) is 11.7 Å². The zero-order valence-electron chi connectivity index (χ0n) is 12.8. The van der Waals surface area contributed by atoms with Crippen molar-refractivity contribution < 1.29 is 14.6 Å². The van der Waals surface area contributed by atoms with Gasteiger partial charge in [0.15, 0.2) is 6.61 Å². The monoisotopic (exact) mass is 366 g/mol. The van der Waals surface area contributed by atoms with Gasteiger partial charge in [-0.15, -0.1) is 0 Å². The third kappa shape index (κ3) is 3.23. The van der Waals surface area contributed by atoms with Gasteiger partial charge in [-0.05, 0) is 30.7 Å². The fourth-order valence-corrected chi connectivity index (χ4v) is 2.62. The molecule has 0 unspecified atom stereocenters. The molecular weight excluding hydrogens is 355 g/mol. The molecule has 0 spiro atoms. The number of rotatable bonds is 4. The zero-order chi connectivity index (χ0) is 18.0. The van der Waals surface area contributed by atoms with Crippen molar-refractivity contribution >= 4 is 29.0 Å². The molecule has 0 radical (unpaired) electrons. The van der Waals surface area contributed by atoms with E-state index in [-0.39, 0.29) is 27.5 Å². The molecule has 0 aliphatic carbocycles. The van der Waals surface area contributed by atoms with Gasteiger partial charge < -0.3 is 9.84 Å². The van der Waals surface area contributed by atoms with E-state index in [1.54, 1.807) is 12.1 Å². The van der Waals surface area contributed by atoms with Crippen molar-refractivity contribution in [3.8, 4) is 17.7 Å². The zero-order valence-corrected chi connectivity index (χ0v) is 14.3. The topological polar surface area (TPSA) is 92.3 Å². The van der Waals surface area contributed by atoms with Gasteiger partial charge in [0.25, 0.3) is 5.56 Å². The van der Waals surface area contributed by atoms with Crippen LogP contribution in [-0.2, 0) is 7.05 Å². The highest BCUT2D eigenvalue weighted by Crippen LogP contribution is 2.28. The van der Waals surface area contributed by atoms with E-state index in [4.69, 9.17) is 33.2 Å². The first-order valence-corrected chi connectivity index (χ1v) is 7.47. The second kappa shape index (κ2) is 6.95. The molecular formula is C16H12Cl2N2O4. The van der Waals surface area contributed by atoms with Crippen molar-refractivity contribution in [3.63, 3.8) is 0 Å². The minimum Gasteiger partial charge on any atom is -0.494 e. The molecule has 0 bridgehead atoms. The minimum absolute atomic E-state index is 0.105. The van der Waals surface area contributed by atoms with E-state index >= 15 is 0 Å². The van der Waals surface area contributed by atoms with Crippen molar-refractivity contribution in [2.75, 3.05) is 6.61 Å². The highest BCUT2D eigenvalue weighted by atomic mass is 35.5. The molecule has 1 heterocycles. The van der Waals surface area contributed by atoms with Gasteiger partial charge in [0.1, 0.15) is 17.4 Å². The van der Waals surface area contributed by atoms with Gasteiger partial charge >= 0.3 is 0 Å². The third-order valence-electron chi connectivity index (χ3n) is 3.45. The maximum absolute atomic E-state index is 12.4. The molecule has 0 saturated carbocycles. The van der Waals surface area contributed by atoms with Gasteiger partial charge in [0, 0.05) is 12.1 Å². The molecule has 1 N–H and O–H groups in total. The average Bonchev–Trinajstić information content (AvgIpc) is 2.52. The van der Waals surface area contributed by atoms with Crippen molar-refractivity contribution in [2.45, 2.75) is 6.92 Å². The highest BCUT2D eigenvalue weighted by Gasteiger charge is 2.23. The summed E-state index contributed by atoms with van der Waals surface area (Å²) in [7, 11) is 1.27. The third-order valence-corrected chi connectivity index (χ3v) is 3.98. The number of nitrogens with zero attached hydrogens (tertiary/aromatic N) is 2. The lowest BCUT2D eigenvalue weighted by Crippen LogP contribution is -2.25. The Morgan fingerprint density at radius 2 is 2.08 bits per heavy atom. The van der Waals surface area contributed by atoms with Gasteiger partial charge in [-0.2, -0.15) is 5.26 Å². The van der Waals surface area contributed by atoms with E-state index in [0.717, 1.165) is 4.57 Å². The quantitative estimate of drug-likeness (QED) is 0.839. The van der Waals surface area contributed by atoms with Crippen LogP contribution in [0.3, 0.4) is 0 Å². The number of benzene rings is 1. The van der Waals surface area contributed by atoms with Crippen LogP contribution in [-0.4, -0.2) is 22.1 Å². The van der Waals surface area contributed by atoms with Gasteiger partial charge in [-0.25, -0.2) is 0 Å². The fraction of sp³-hybridized carbons (Fsp3) is 0.188. The van der Waals surface area contributed by atoms with E-state index in [0.29, 0.717) is 5.02 Å². The van der Waals surface area contributed by atoms with Crippen LogP contribution in [0.1, 0.15) is 21.5 Å². The normalized spacial score (nSPS) is 10.3. The number of ketones is 1. The molecule has 0 aliphatic heterocycles. The molecule has 6 nitrogen and oxygen atoms in total. The maximum atomic E-state index is 12.4. The molecule has 0 saturated heterocycles. The SMILES string of the molecule is Cc1c(C(=O)COc2ccc(Cl)cc2Cl)c(O)n(C)c(=O)c1C#N. The van der Waals surface area contributed by atoms with E-state index in [9.17, 15) is 14.7 Å². The first-order chi connectivity index (χ1) is 11.3. The van der Waals surface area contributed by atoms with Crippen molar-refractivity contribution in [2.24, 2.45) is 7.05 Å². The Hall–Kier alpha value is -2.49. The molecule has 24 heavy (non-hydrogen) atoms. The highest BCUT2D eigenvalue weighted by molar-refractivity contribution is 6.35. The minimum atomic E-state index is -0.675. The van der Waals surface area contributed by atoms with Crippen molar-refractivity contribution in [1.82, 2.24) is 4.57 Å². The van der Waals surface area contributed by atoms with E-state index in [1.165, 1.54) is 26.1 Å². The standard InChI is InChI=1S/C16H12Cl2N2O4/c1-8-10(6-19)15(22)20(2)16(23)14(8)12(21)7-24-13-4-3-9(17)5-11(13)18/h3-5,23H,7H2,1-2H3. The van der Waals surface area contributed by atoms with Crippen LogP contribution >= 0.6 is 23.2 Å². The van der Waals surface area contributed by atoms with Crippen LogP contribution in [0.2, 0.25) is 10.0 Å². The number of carbonyl (C=O) groups is 1. The average molecular weight is 367 g/mol. The van der Waals surface area contributed by atoms with Gasteiger partial charge in [-0.3, -0.25) is 14.2 Å². The molecule has 0 amide bonds. The van der Waals surface area contributed by atoms with Crippen LogP contribution in [0.15, 0.2) is 23.0 Å². The number of pyridine rings is 1. The van der Waals surface area contributed by atoms with Crippen LogP contribution < -0.4 is 10.3 Å². The summed E-state index contributed by atoms with van der Waals surface area (Å²) in [6.07, 6.45) is 0. The van der Waals surface area contributed by atoms with Crippen molar-refractivity contribution in [1.29, 1.82) is 5.26 Å². The van der Waals surface area contributed by atoms with E-state index in [1.807, 2.05) is 0 Å². The Morgan fingerprint density at radius 1 is 1.42 bits per heavy atom. The maximum Gasteiger partial charge on any atom is 0.271 e. The summed E-state index contributed by atoms with van der Waals surface area (Å²) in [5, 5.41) is 19.8. The summed E-state index contributed by atoms with van der Waals surface area (Å²) in [6.45, 7) is 0.987. The number of halogens is 2. The predicted molar refractivity (Wildman–Crippen MR) is 89.1 cm³/mol. The van der Waals surface area contributed by atoms with E-state index in [2.05, 4.69) is 0 Å². The van der Waals surface area contributed by atoms with Crippen molar-refractivity contribution in [3.05, 3.63) is 55.3 Å². The Morgan fingerprint density at radius 3 is 2.67 bits per heavy atom. The molecule has 0 fully saturated rings. The molecule has 2 aromatic rings. The lowest BCUT2D eigenvalue weighted by molar-refractivity contribution is 0.0916. The molecule has 0 atom stereocenters.